The van der Waals surface area contributed by atoms with Crippen LogP contribution in [-0.2, 0) is 0 Å². The monoisotopic (exact) mass is 534 g/mol. The summed E-state index contributed by atoms with van der Waals surface area (Å²) in [5.41, 5.74) is 7.45. The number of rotatable bonds is 5. The van der Waals surface area contributed by atoms with Crippen LogP contribution in [0.4, 0.5) is 5.69 Å². The number of nitrogens with one attached hydrogen (secondary N) is 1. The van der Waals surface area contributed by atoms with E-state index >= 15 is 0 Å². The van der Waals surface area contributed by atoms with E-state index in [4.69, 9.17) is 35.4 Å². The molecule has 4 aromatic rings. The number of hydrogen-bond donors (Lipinski definition) is 1. The molecule has 4 nitrogen and oxygen atoms in total. The average Bonchev–Trinajstić information content (AvgIpc) is 3.36. The van der Waals surface area contributed by atoms with Gasteiger partial charge in [0.15, 0.2) is 5.11 Å². The van der Waals surface area contributed by atoms with Gasteiger partial charge in [0.1, 0.15) is 0 Å². The molecule has 2 aromatic heterocycles. The summed E-state index contributed by atoms with van der Waals surface area (Å²) >= 11 is 18.9. The van der Waals surface area contributed by atoms with Crippen molar-refractivity contribution in [3.63, 3.8) is 0 Å². The Kier molecular flexibility index (Phi) is 6.82. The van der Waals surface area contributed by atoms with Gasteiger partial charge in [0.25, 0.3) is 0 Å². The minimum Gasteiger partial charge on any atom is -0.351 e. The number of aryl methyl sites for hydroxylation is 1. The van der Waals surface area contributed by atoms with Crippen LogP contribution in [0.5, 0.6) is 0 Å². The van der Waals surface area contributed by atoms with E-state index in [0.29, 0.717) is 21.1 Å². The number of hydrogen-bond acceptors (Lipinski definition) is 2. The Bertz CT molecular complexity index is 1410. The van der Waals surface area contributed by atoms with Crippen LogP contribution >= 0.6 is 35.4 Å². The summed E-state index contributed by atoms with van der Waals surface area (Å²) in [6.45, 7) is 8.61. The van der Waals surface area contributed by atoms with Crippen molar-refractivity contribution >= 4 is 46.2 Å². The minimum atomic E-state index is -0.118. The van der Waals surface area contributed by atoms with Crippen LogP contribution in [0.15, 0.2) is 72.9 Å². The Hall–Kier alpha value is -2.86. The van der Waals surface area contributed by atoms with Crippen LogP contribution in [0.2, 0.25) is 10.0 Å². The number of pyridine rings is 1. The summed E-state index contributed by atoms with van der Waals surface area (Å²) in [7, 11) is 0. The molecule has 0 saturated carbocycles. The highest BCUT2D eigenvalue weighted by molar-refractivity contribution is 7.80. The van der Waals surface area contributed by atoms with Gasteiger partial charge in [-0.3, -0.25) is 4.98 Å². The molecule has 1 aliphatic rings. The zero-order chi connectivity index (χ0) is 25.6. The van der Waals surface area contributed by atoms with E-state index in [2.05, 4.69) is 77.8 Å². The van der Waals surface area contributed by atoms with E-state index in [1.165, 1.54) is 5.56 Å². The van der Waals surface area contributed by atoms with Crippen molar-refractivity contribution < 1.29 is 0 Å². The van der Waals surface area contributed by atoms with Crippen LogP contribution in [0.25, 0.3) is 5.69 Å². The van der Waals surface area contributed by atoms with E-state index in [1.54, 1.807) is 6.07 Å². The average molecular weight is 536 g/mol. The Balaban J connectivity index is 1.68. The van der Waals surface area contributed by atoms with Gasteiger partial charge in [-0.25, -0.2) is 0 Å². The number of thiocarbonyl (C=S) groups is 1. The Labute approximate surface area is 227 Å². The smallest absolute Gasteiger partial charge is 0.174 e. The van der Waals surface area contributed by atoms with Crippen LogP contribution in [0.1, 0.15) is 60.1 Å². The van der Waals surface area contributed by atoms with Crippen LogP contribution < -0.4 is 10.2 Å². The predicted octanol–water partition coefficient (Wildman–Crippen LogP) is 8.10. The van der Waals surface area contributed by atoms with Crippen molar-refractivity contribution in [2.45, 2.75) is 45.7 Å². The largest absolute Gasteiger partial charge is 0.351 e. The Morgan fingerprint density at radius 1 is 0.972 bits per heavy atom. The molecule has 184 valence electrons. The van der Waals surface area contributed by atoms with Gasteiger partial charge >= 0.3 is 0 Å². The molecule has 2 atom stereocenters. The summed E-state index contributed by atoms with van der Waals surface area (Å²) in [5.74, 6) is 0.459. The molecule has 1 N–H and O–H groups in total. The van der Waals surface area contributed by atoms with Gasteiger partial charge in [-0.2, -0.15) is 0 Å². The second-order valence-electron chi connectivity index (χ2n) is 9.48. The number of benzene rings is 2. The first-order valence-corrected chi connectivity index (χ1v) is 13.2. The fourth-order valence-electron chi connectivity index (χ4n) is 5.09. The Morgan fingerprint density at radius 3 is 2.39 bits per heavy atom. The van der Waals surface area contributed by atoms with Gasteiger partial charge in [0, 0.05) is 23.3 Å². The molecule has 7 heteroatoms. The predicted molar refractivity (Wildman–Crippen MR) is 154 cm³/mol. The summed E-state index contributed by atoms with van der Waals surface area (Å²) in [5, 5.41) is 5.31. The van der Waals surface area contributed by atoms with Crippen molar-refractivity contribution in [3.05, 3.63) is 111 Å². The van der Waals surface area contributed by atoms with E-state index in [-0.39, 0.29) is 12.1 Å². The van der Waals surface area contributed by atoms with Gasteiger partial charge in [0.2, 0.25) is 0 Å². The molecule has 1 fully saturated rings. The standard InChI is InChI=1S/C29H28Cl2N4S/c1-17(2)20-11-13-21(14-12-20)35-28(27(33-29(35)36)24-9-5-6-15-32-24)22-16-18(3)34(19(22)4)25-10-7-8-23(30)26(25)31/h5-17,27-28H,1-4H3,(H,33,36)/t27-,28+/m0/s1. The second kappa shape index (κ2) is 9.89. The highest BCUT2D eigenvalue weighted by Crippen LogP contribution is 2.44. The molecule has 0 bridgehead atoms. The minimum absolute atomic E-state index is 0.102. The molecule has 1 aliphatic heterocycles. The molecule has 0 unspecified atom stereocenters. The Morgan fingerprint density at radius 2 is 1.72 bits per heavy atom. The van der Waals surface area contributed by atoms with E-state index < -0.39 is 0 Å². The van der Waals surface area contributed by atoms with Crippen molar-refractivity contribution in [1.82, 2.24) is 14.9 Å². The lowest BCUT2D eigenvalue weighted by Crippen LogP contribution is -2.29. The quantitative estimate of drug-likeness (QED) is 0.262. The normalized spacial score (nSPS) is 17.6. The molecule has 2 aromatic carbocycles. The molecular formula is C29H28Cl2N4S. The summed E-state index contributed by atoms with van der Waals surface area (Å²) in [6, 6.07) is 22.4. The topological polar surface area (TPSA) is 33.1 Å². The van der Waals surface area contributed by atoms with Crippen molar-refractivity contribution in [2.24, 2.45) is 0 Å². The molecule has 0 aliphatic carbocycles. The first-order chi connectivity index (χ1) is 17.3. The van der Waals surface area contributed by atoms with E-state index in [0.717, 1.165) is 34.0 Å². The fourth-order valence-corrected chi connectivity index (χ4v) is 5.82. The highest BCUT2D eigenvalue weighted by Gasteiger charge is 2.42. The number of halogens is 2. The fraction of sp³-hybridized carbons (Fsp3) is 0.241. The maximum Gasteiger partial charge on any atom is 0.174 e. The maximum absolute atomic E-state index is 6.65. The first kappa shape index (κ1) is 24.8. The van der Waals surface area contributed by atoms with Crippen molar-refractivity contribution in [3.8, 4) is 5.69 Å². The lowest BCUT2D eigenvalue weighted by atomic mass is 9.96. The number of nitrogens with zero attached hydrogens (tertiary/aromatic N) is 3. The first-order valence-electron chi connectivity index (χ1n) is 12.0. The maximum atomic E-state index is 6.65. The van der Waals surface area contributed by atoms with E-state index in [9.17, 15) is 0 Å². The lowest BCUT2D eigenvalue weighted by Gasteiger charge is -2.28. The molecule has 3 heterocycles. The number of aromatic nitrogens is 2. The number of anilines is 1. The summed E-state index contributed by atoms with van der Waals surface area (Å²) < 4.78 is 2.17. The molecular weight excluding hydrogens is 507 g/mol. The third-order valence-electron chi connectivity index (χ3n) is 6.90. The van der Waals surface area contributed by atoms with Gasteiger partial charge < -0.3 is 14.8 Å². The van der Waals surface area contributed by atoms with Gasteiger partial charge in [0.05, 0.1) is 33.5 Å². The van der Waals surface area contributed by atoms with Crippen molar-refractivity contribution in [1.29, 1.82) is 0 Å². The highest BCUT2D eigenvalue weighted by atomic mass is 35.5. The van der Waals surface area contributed by atoms with Crippen LogP contribution in [-0.4, -0.2) is 14.7 Å². The summed E-state index contributed by atoms with van der Waals surface area (Å²) in [6.07, 6.45) is 1.83. The molecule has 0 amide bonds. The zero-order valence-corrected chi connectivity index (χ0v) is 23.0. The van der Waals surface area contributed by atoms with Crippen LogP contribution in [0, 0.1) is 13.8 Å². The molecule has 0 spiro atoms. The SMILES string of the molecule is Cc1cc([C@@H]2[C@H](c3ccccn3)NC(=S)N2c2ccc(C(C)C)cc2)c(C)n1-c1cccc(Cl)c1Cl. The van der Waals surface area contributed by atoms with E-state index in [1.807, 2.05) is 36.5 Å². The lowest BCUT2D eigenvalue weighted by molar-refractivity contribution is 0.565. The van der Waals surface area contributed by atoms with Gasteiger partial charge in [-0.1, -0.05) is 61.3 Å². The third kappa shape index (κ3) is 4.30. The molecule has 5 rings (SSSR count). The van der Waals surface area contributed by atoms with Crippen molar-refractivity contribution in [2.75, 3.05) is 4.90 Å². The molecule has 0 radical (unpaired) electrons. The zero-order valence-electron chi connectivity index (χ0n) is 20.7. The van der Waals surface area contributed by atoms with Gasteiger partial charge in [-0.05, 0) is 85.6 Å². The molecule has 1 saturated heterocycles. The van der Waals surface area contributed by atoms with Crippen LogP contribution in [0.3, 0.4) is 0 Å². The summed E-state index contributed by atoms with van der Waals surface area (Å²) in [4.78, 5) is 6.90. The second-order valence-corrected chi connectivity index (χ2v) is 10.6. The molecule has 36 heavy (non-hydrogen) atoms. The van der Waals surface area contributed by atoms with Gasteiger partial charge in [-0.15, -0.1) is 0 Å². The third-order valence-corrected chi connectivity index (χ3v) is 8.02.